The maximum absolute atomic E-state index is 12.5. The van der Waals surface area contributed by atoms with Crippen LogP contribution in [0.15, 0.2) is 24.5 Å². The minimum Gasteiger partial charge on any atom is -0.349 e. The number of nitrogens with one attached hydrogen (secondary N) is 1. The molecule has 2 fully saturated rings. The summed E-state index contributed by atoms with van der Waals surface area (Å²) in [7, 11) is 0. The number of aromatic nitrogens is 1. The van der Waals surface area contributed by atoms with Gasteiger partial charge in [0.05, 0.1) is 5.92 Å². The van der Waals surface area contributed by atoms with Gasteiger partial charge in [-0.05, 0) is 37.8 Å². The summed E-state index contributed by atoms with van der Waals surface area (Å²) >= 11 is 0. The number of likely N-dealkylation sites (tertiary alicyclic amines) is 1. The van der Waals surface area contributed by atoms with E-state index in [-0.39, 0.29) is 23.8 Å². The lowest BCUT2D eigenvalue weighted by Crippen LogP contribution is -2.44. The molecule has 1 aromatic heterocycles. The van der Waals surface area contributed by atoms with Crippen LogP contribution < -0.4 is 5.32 Å². The van der Waals surface area contributed by atoms with Crippen LogP contribution in [0, 0.1) is 5.92 Å². The third-order valence-corrected chi connectivity index (χ3v) is 4.51. The number of amides is 2. The van der Waals surface area contributed by atoms with Crippen molar-refractivity contribution in [2.24, 2.45) is 5.92 Å². The molecule has 1 N–H and O–H groups in total. The van der Waals surface area contributed by atoms with Crippen molar-refractivity contribution in [2.45, 2.75) is 38.1 Å². The molecule has 2 amide bonds. The molecule has 1 saturated heterocycles. The Labute approximate surface area is 124 Å². The van der Waals surface area contributed by atoms with Crippen molar-refractivity contribution < 1.29 is 9.59 Å². The van der Waals surface area contributed by atoms with Gasteiger partial charge in [-0.25, -0.2) is 0 Å². The Hall–Kier alpha value is -1.91. The Morgan fingerprint density at radius 2 is 1.81 bits per heavy atom. The summed E-state index contributed by atoms with van der Waals surface area (Å²) in [6.45, 7) is 1.75. The van der Waals surface area contributed by atoms with Crippen molar-refractivity contribution in [1.82, 2.24) is 15.2 Å². The fourth-order valence-electron chi connectivity index (χ4n) is 3.36. The number of hydrogen-bond acceptors (Lipinski definition) is 3. The predicted molar refractivity (Wildman–Crippen MR) is 78.6 cm³/mol. The van der Waals surface area contributed by atoms with Gasteiger partial charge in [0.2, 0.25) is 5.91 Å². The lowest BCUT2D eigenvalue weighted by molar-refractivity contribution is -0.134. The summed E-state index contributed by atoms with van der Waals surface area (Å²) in [5, 5.41) is 3.04. The Morgan fingerprint density at radius 3 is 2.52 bits per heavy atom. The van der Waals surface area contributed by atoms with Gasteiger partial charge in [0.1, 0.15) is 0 Å². The molecular weight excluding hydrogens is 266 g/mol. The maximum atomic E-state index is 12.5. The third-order valence-electron chi connectivity index (χ3n) is 4.51. The quantitative estimate of drug-likeness (QED) is 0.918. The molecule has 2 heterocycles. The van der Waals surface area contributed by atoms with E-state index in [1.54, 1.807) is 24.5 Å². The van der Waals surface area contributed by atoms with Crippen molar-refractivity contribution in [3.63, 3.8) is 0 Å². The minimum absolute atomic E-state index is 0.0289. The first-order valence-electron chi connectivity index (χ1n) is 7.75. The summed E-state index contributed by atoms with van der Waals surface area (Å²) < 4.78 is 0. The average molecular weight is 287 g/mol. The first-order valence-corrected chi connectivity index (χ1v) is 7.75. The van der Waals surface area contributed by atoms with E-state index in [1.165, 1.54) is 0 Å². The molecule has 112 valence electrons. The van der Waals surface area contributed by atoms with Gasteiger partial charge in [0, 0.05) is 37.1 Å². The van der Waals surface area contributed by atoms with E-state index in [0.717, 1.165) is 45.2 Å². The topological polar surface area (TPSA) is 62.3 Å². The van der Waals surface area contributed by atoms with E-state index < -0.39 is 0 Å². The molecule has 5 nitrogen and oxygen atoms in total. The van der Waals surface area contributed by atoms with Crippen LogP contribution in [0.2, 0.25) is 0 Å². The summed E-state index contributed by atoms with van der Waals surface area (Å²) in [6, 6.07) is 3.36. The molecule has 2 atom stereocenters. The van der Waals surface area contributed by atoms with E-state index in [9.17, 15) is 9.59 Å². The zero-order valence-electron chi connectivity index (χ0n) is 12.1. The van der Waals surface area contributed by atoms with E-state index in [4.69, 9.17) is 0 Å². The largest absolute Gasteiger partial charge is 0.349 e. The molecule has 5 heteroatoms. The van der Waals surface area contributed by atoms with Gasteiger partial charge in [-0.2, -0.15) is 0 Å². The summed E-state index contributed by atoms with van der Waals surface area (Å²) in [6.07, 6.45) is 8.20. The van der Waals surface area contributed by atoms with Gasteiger partial charge >= 0.3 is 0 Å². The second-order valence-corrected chi connectivity index (χ2v) is 5.89. The lowest BCUT2D eigenvalue weighted by atomic mass is 10.0. The molecule has 1 aliphatic heterocycles. The van der Waals surface area contributed by atoms with Crippen LogP contribution in [0.1, 0.15) is 42.5 Å². The second-order valence-electron chi connectivity index (χ2n) is 5.89. The molecule has 1 aromatic rings. The molecule has 0 aromatic carbocycles. The van der Waals surface area contributed by atoms with Crippen molar-refractivity contribution in [2.75, 3.05) is 13.1 Å². The molecule has 21 heavy (non-hydrogen) atoms. The molecule has 0 unspecified atom stereocenters. The summed E-state index contributed by atoms with van der Waals surface area (Å²) in [5.41, 5.74) is 0.601. The number of hydrogen-bond donors (Lipinski definition) is 1. The van der Waals surface area contributed by atoms with Crippen molar-refractivity contribution in [3.8, 4) is 0 Å². The highest BCUT2D eigenvalue weighted by atomic mass is 16.2. The van der Waals surface area contributed by atoms with Crippen LogP contribution in [0.5, 0.6) is 0 Å². The maximum Gasteiger partial charge on any atom is 0.251 e. The van der Waals surface area contributed by atoms with Crippen molar-refractivity contribution in [3.05, 3.63) is 30.1 Å². The number of carbonyl (C=O) groups excluding carboxylic acids is 2. The Bertz CT molecular complexity index is 512. The molecule has 2 aliphatic rings. The van der Waals surface area contributed by atoms with Crippen LogP contribution >= 0.6 is 0 Å². The minimum atomic E-state index is -0.108. The van der Waals surface area contributed by atoms with Crippen LogP contribution in [-0.4, -0.2) is 40.8 Å². The fraction of sp³-hybridized carbons (Fsp3) is 0.562. The smallest absolute Gasteiger partial charge is 0.251 e. The SMILES string of the molecule is O=C(N[C@@H]1CCC[C@@H]1C(=O)N1CCCC1)c1ccncc1. The van der Waals surface area contributed by atoms with Crippen LogP contribution in [0.3, 0.4) is 0 Å². The normalized spacial score (nSPS) is 25.0. The van der Waals surface area contributed by atoms with Gasteiger partial charge < -0.3 is 10.2 Å². The summed E-state index contributed by atoms with van der Waals surface area (Å²) in [4.78, 5) is 30.6. The Kier molecular flexibility index (Phi) is 4.18. The standard InChI is InChI=1S/C16H21N3O2/c20-15(12-6-8-17-9-7-12)18-14-5-3-4-13(14)16(21)19-10-1-2-11-19/h6-9,13-14H,1-5,10-11H2,(H,18,20)/t13-,14+/m0/s1. The second kappa shape index (κ2) is 6.24. The van der Waals surface area contributed by atoms with Crippen LogP contribution in [-0.2, 0) is 4.79 Å². The number of carbonyl (C=O) groups is 2. The zero-order valence-corrected chi connectivity index (χ0v) is 12.1. The molecule has 0 radical (unpaired) electrons. The molecule has 1 saturated carbocycles. The highest BCUT2D eigenvalue weighted by molar-refractivity contribution is 5.94. The van der Waals surface area contributed by atoms with Gasteiger partial charge in [-0.15, -0.1) is 0 Å². The van der Waals surface area contributed by atoms with Crippen LogP contribution in [0.4, 0.5) is 0 Å². The van der Waals surface area contributed by atoms with Gasteiger partial charge in [0.25, 0.3) is 5.91 Å². The van der Waals surface area contributed by atoms with E-state index >= 15 is 0 Å². The fourth-order valence-corrected chi connectivity index (χ4v) is 3.36. The van der Waals surface area contributed by atoms with Gasteiger partial charge in [-0.3, -0.25) is 14.6 Å². The van der Waals surface area contributed by atoms with Gasteiger partial charge in [0.15, 0.2) is 0 Å². The summed E-state index contributed by atoms with van der Waals surface area (Å²) in [5.74, 6) is 0.0717. The third kappa shape index (κ3) is 3.06. The number of pyridine rings is 1. The lowest BCUT2D eigenvalue weighted by Gasteiger charge is -2.25. The molecule has 0 bridgehead atoms. The molecule has 1 aliphatic carbocycles. The monoisotopic (exact) mass is 287 g/mol. The van der Waals surface area contributed by atoms with Gasteiger partial charge in [-0.1, -0.05) is 6.42 Å². The predicted octanol–water partition coefficient (Wildman–Crippen LogP) is 1.60. The van der Waals surface area contributed by atoms with Crippen molar-refractivity contribution in [1.29, 1.82) is 0 Å². The van der Waals surface area contributed by atoms with Crippen molar-refractivity contribution >= 4 is 11.8 Å². The Morgan fingerprint density at radius 1 is 1.10 bits per heavy atom. The van der Waals surface area contributed by atoms with E-state index in [0.29, 0.717) is 5.56 Å². The number of rotatable bonds is 3. The zero-order chi connectivity index (χ0) is 14.7. The van der Waals surface area contributed by atoms with E-state index in [2.05, 4.69) is 10.3 Å². The highest BCUT2D eigenvalue weighted by Gasteiger charge is 2.37. The Balaban J connectivity index is 1.64. The van der Waals surface area contributed by atoms with E-state index in [1.807, 2.05) is 4.90 Å². The first kappa shape index (κ1) is 14.0. The average Bonchev–Trinajstić information content (AvgIpc) is 3.19. The molecular formula is C16H21N3O2. The highest BCUT2D eigenvalue weighted by Crippen LogP contribution is 2.29. The molecule has 0 spiro atoms. The number of nitrogens with zero attached hydrogens (tertiary/aromatic N) is 2. The first-order chi connectivity index (χ1) is 10.3. The van der Waals surface area contributed by atoms with Crippen LogP contribution in [0.25, 0.3) is 0 Å². The molecule has 3 rings (SSSR count).